The largest absolute Gasteiger partial charge is 0.379 e. The van der Waals surface area contributed by atoms with Crippen molar-refractivity contribution in [3.63, 3.8) is 0 Å². The maximum atomic E-state index is 12.9. The first-order valence-electron chi connectivity index (χ1n) is 11.5. The van der Waals surface area contributed by atoms with Gasteiger partial charge < -0.3 is 10.6 Å². The Morgan fingerprint density at radius 3 is 2.79 bits per heavy atom. The van der Waals surface area contributed by atoms with Crippen molar-refractivity contribution in [2.75, 3.05) is 18.4 Å². The molecule has 9 heteroatoms. The van der Waals surface area contributed by atoms with E-state index in [4.69, 9.17) is 16.6 Å². The van der Waals surface area contributed by atoms with Crippen molar-refractivity contribution in [3.05, 3.63) is 40.0 Å². The van der Waals surface area contributed by atoms with Crippen LogP contribution in [0.2, 0.25) is 5.15 Å². The van der Waals surface area contributed by atoms with Crippen molar-refractivity contribution in [2.24, 2.45) is 11.3 Å². The molecule has 2 amide bonds. The normalized spacial score (nSPS) is 22.2. The summed E-state index contributed by atoms with van der Waals surface area (Å²) in [6, 6.07) is 6.12. The van der Waals surface area contributed by atoms with Crippen LogP contribution in [-0.4, -0.2) is 45.8 Å². The molecule has 2 saturated heterocycles. The molecule has 2 aliphatic heterocycles. The summed E-state index contributed by atoms with van der Waals surface area (Å²) < 4.78 is 0.964. The van der Waals surface area contributed by atoms with Crippen molar-refractivity contribution in [1.82, 2.24) is 20.2 Å². The van der Waals surface area contributed by atoms with Crippen molar-refractivity contribution in [3.8, 4) is 11.3 Å². The van der Waals surface area contributed by atoms with E-state index in [9.17, 15) is 9.59 Å². The van der Waals surface area contributed by atoms with Gasteiger partial charge in [0.1, 0.15) is 5.15 Å². The summed E-state index contributed by atoms with van der Waals surface area (Å²) in [5.41, 5.74) is 3.87. The van der Waals surface area contributed by atoms with Gasteiger partial charge in [0, 0.05) is 35.1 Å². The summed E-state index contributed by atoms with van der Waals surface area (Å²) in [7, 11) is 0. The van der Waals surface area contributed by atoms with Crippen molar-refractivity contribution >= 4 is 50.7 Å². The van der Waals surface area contributed by atoms with E-state index in [2.05, 4.69) is 15.6 Å². The minimum Gasteiger partial charge on any atom is -0.379 e. The van der Waals surface area contributed by atoms with Crippen molar-refractivity contribution in [1.29, 1.82) is 0 Å². The van der Waals surface area contributed by atoms with Crippen molar-refractivity contribution < 1.29 is 9.59 Å². The molecule has 2 aliphatic rings. The van der Waals surface area contributed by atoms with Gasteiger partial charge in [0.2, 0.25) is 11.8 Å². The van der Waals surface area contributed by atoms with Crippen LogP contribution < -0.4 is 10.6 Å². The standard InChI is InChI=1S/C25H28ClN5O2S/c1-13-9-19(26)30-21(20(13)29-15-5-7-27-11-15)17-6-8-28-18-10-16(34-22(17)18)12-31-23(32)14(2)25(3,4)24(31)33/h6,8-10,14-15,27,29H,5,7,11-12H2,1-4H3. The molecule has 178 valence electrons. The van der Waals surface area contributed by atoms with Gasteiger partial charge in [0.05, 0.1) is 33.6 Å². The Balaban J connectivity index is 1.54. The van der Waals surface area contributed by atoms with Gasteiger partial charge in [-0.3, -0.25) is 19.5 Å². The fourth-order valence-corrected chi connectivity index (χ4v) is 6.09. The van der Waals surface area contributed by atoms with E-state index in [0.29, 0.717) is 11.2 Å². The average molecular weight is 498 g/mol. The van der Waals surface area contributed by atoms with Gasteiger partial charge in [-0.1, -0.05) is 32.4 Å². The van der Waals surface area contributed by atoms with Crippen LogP contribution in [-0.2, 0) is 16.1 Å². The molecule has 2 N–H and O–H groups in total. The molecule has 5 heterocycles. The van der Waals surface area contributed by atoms with Crippen LogP contribution in [0.25, 0.3) is 21.5 Å². The number of imide groups is 1. The first-order valence-corrected chi connectivity index (χ1v) is 12.7. The molecule has 3 aromatic heterocycles. The monoisotopic (exact) mass is 497 g/mol. The predicted molar refractivity (Wildman–Crippen MR) is 136 cm³/mol. The number of rotatable bonds is 5. The molecule has 2 unspecified atom stereocenters. The molecule has 5 rings (SSSR count). The van der Waals surface area contributed by atoms with Crippen LogP contribution in [0.1, 0.15) is 37.6 Å². The lowest BCUT2D eigenvalue weighted by Crippen LogP contribution is -2.32. The van der Waals surface area contributed by atoms with Crippen LogP contribution in [0.15, 0.2) is 24.4 Å². The van der Waals surface area contributed by atoms with Gasteiger partial charge in [0.25, 0.3) is 0 Å². The number of halogens is 1. The van der Waals surface area contributed by atoms with E-state index in [1.54, 1.807) is 17.5 Å². The molecule has 2 atom stereocenters. The summed E-state index contributed by atoms with van der Waals surface area (Å²) in [6.07, 6.45) is 2.81. The van der Waals surface area contributed by atoms with E-state index < -0.39 is 5.41 Å². The number of likely N-dealkylation sites (tertiary alicyclic amines) is 1. The number of carbonyl (C=O) groups excluding carboxylic acids is 2. The zero-order valence-electron chi connectivity index (χ0n) is 19.7. The second-order valence-corrected chi connectivity index (χ2v) is 11.3. The van der Waals surface area contributed by atoms with Gasteiger partial charge in [-0.05, 0) is 43.7 Å². The van der Waals surface area contributed by atoms with Crippen LogP contribution in [0.5, 0.6) is 0 Å². The third-order valence-electron chi connectivity index (χ3n) is 7.14. The van der Waals surface area contributed by atoms with Gasteiger partial charge in [-0.15, -0.1) is 11.3 Å². The highest BCUT2D eigenvalue weighted by molar-refractivity contribution is 7.19. The second-order valence-electron chi connectivity index (χ2n) is 9.78. The second kappa shape index (κ2) is 8.59. The Bertz CT molecular complexity index is 1300. The van der Waals surface area contributed by atoms with E-state index in [0.717, 1.165) is 57.1 Å². The number of hydrogen-bond donors (Lipinski definition) is 2. The molecule has 0 aromatic carbocycles. The minimum absolute atomic E-state index is 0.121. The topological polar surface area (TPSA) is 87.2 Å². The number of aromatic nitrogens is 2. The summed E-state index contributed by atoms with van der Waals surface area (Å²) in [6.45, 7) is 9.69. The van der Waals surface area contributed by atoms with Crippen molar-refractivity contribution in [2.45, 2.75) is 46.7 Å². The summed E-state index contributed by atoms with van der Waals surface area (Å²) in [5.74, 6) is -0.579. The van der Waals surface area contributed by atoms with E-state index >= 15 is 0 Å². The van der Waals surface area contributed by atoms with Crippen LogP contribution in [0.3, 0.4) is 0 Å². The third-order valence-corrected chi connectivity index (χ3v) is 8.48. The van der Waals surface area contributed by atoms with Gasteiger partial charge >= 0.3 is 0 Å². The lowest BCUT2D eigenvalue weighted by atomic mass is 9.82. The Hall–Kier alpha value is -2.55. The third kappa shape index (κ3) is 3.87. The molecule has 7 nitrogen and oxygen atoms in total. The zero-order valence-corrected chi connectivity index (χ0v) is 21.3. The molecular weight excluding hydrogens is 470 g/mol. The number of fused-ring (bicyclic) bond motifs is 1. The first-order chi connectivity index (χ1) is 16.2. The summed E-state index contributed by atoms with van der Waals surface area (Å²) >= 11 is 7.93. The number of anilines is 1. The molecule has 0 spiro atoms. The average Bonchev–Trinajstić information content (AvgIpc) is 3.49. The quantitative estimate of drug-likeness (QED) is 0.395. The van der Waals surface area contributed by atoms with Crippen LogP contribution in [0, 0.1) is 18.3 Å². The highest BCUT2D eigenvalue weighted by Gasteiger charge is 2.51. The number of hydrogen-bond acceptors (Lipinski definition) is 7. The maximum Gasteiger partial charge on any atom is 0.235 e. The molecule has 3 aromatic rings. The highest BCUT2D eigenvalue weighted by Crippen LogP contribution is 2.41. The molecule has 0 bridgehead atoms. The zero-order chi connectivity index (χ0) is 24.2. The lowest BCUT2D eigenvalue weighted by Gasteiger charge is -2.19. The SMILES string of the molecule is Cc1cc(Cl)nc(-c2ccnc3cc(CN4C(=O)C(C)C(C)(C)C4=O)sc23)c1NC1CCNC1. The molecular formula is C25H28ClN5O2S. The fourth-order valence-electron chi connectivity index (χ4n) is 4.72. The van der Waals surface area contributed by atoms with E-state index in [1.807, 2.05) is 45.9 Å². The predicted octanol–water partition coefficient (Wildman–Crippen LogP) is 4.63. The van der Waals surface area contributed by atoms with E-state index in [-0.39, 0.29) is 24.3 Å². The number of pyridine rings is 2. The van der Waals surface area contributed by atoms with Gasteiger partial charge in [-0.2, -0.15) is 0 Å². The lowest BCUT2D eigenvalue weighted by molar-refractivity contribution is -0.141. The number of nitrogens with one attached hydrogen (secondary N) is 2. The molecule has 34 heavy (non-hydrogen) atoms. The Kier molecular flexibility index (Phi) is 5.86. The smallest absolute Gasteiger partial charge is 0.235 e. The first kappa shape index (κ1) is 23.2. The van der Waals surface area contributed by atoms with Crippen LogP contribution in [0.4, 0.5) is 5.69 Å². The molecule has 2 fully saturated rings. The highest BCUT2D eigenvalue weighted by atomic mass is 35.5. The van der Waals surface area contributed by atoms with E-state index in [1.165, 1.54) is 4.90 Å². The van der Waals surface area contributed by atoms with Crippen LogP contribution >= 0.6 is 22.9 Å². The Morgan fingerprint density at radius 2 is 2.12 bits per heavy atom. The minimum atomic E-state index is -0.685. The summed E-state index contributed by atoms with van der Waals surface area (Å²) in [4.78, 5) is 37.2. The number of carbonyl (C=O) groups is 2. The number of aryl methyl sites for hydroxylation is 1. The fraction of sp³-hybridized carbons (Fsp3) is 0.440. The summed E-state index contributed by atoms with van der Waals surface area (Å²) in [5, 5.41) is 7.49. The number of thiophene rings is 1. The number of amides is 2. The molecule has 0 saturated carbocycles. The Labute approximate surface area is 207 Å². The maximum absolute atomic E-state index is 12.9. The van der Waals surface area contributed by atoms with Gasteiger partial charge in [-0.25, -0.2) is 4.98 Å². The number of nitrogens with zero attached hydrogens (tertiary/aromatic N) is 3. The molecule has 0 aliphatic carbocycles. The molecule has 0 radical (unpaired) electrons. The Morgan fingerprint density at radius 1 is 1.32 bits per heavy atom. The van der Waals surface area contributed by atoms with Gasteiger partial charge in [0.15, 0.2) is 0 Å².